The van der Waals surface area contributed by atoms with Crippen LogP contribution in [0.3, 0.4) is 0 Å². The number of thiazole rings is 1. The maximum atomic E-state index is 4.49. The molecule has 16 heavy (non-hydrogen) atoms. The van der Waals surface area contributed by atoms with Crippen LogP contribution < -0.4 is 5.32 Å². The molecule has 0 spiro atoms. The first-order valence-corrected chi connectivity index (χ1v) is 6.15. The van der Waals surface area contributed by atoms with Crippen LogP contribution in [-0.2, 0) is 6.42 Å². The molecule has 0 fully saturated rings. The van der Waals surface area contributed by atoms with E-state index in [1.807, 2.05) is 38.5 Å². The second-order valence-electron chi connectivity index (χ2n) is 3.71. The number of aryl methyl sites for hydroxylation is 1. The molecule has 2 rings (SSSR count). The SMILES string of the molecule is CNC(Cc1nc(C)cs1)c1ccncc1. The summed E-state index contributed by atoms with van der Waals surface area (Å²) in [6.07, 6.45) is 4.58. The topological polar surface area (TPSA) is 37.8 Å². The lowest BCUT2D eigenvalue weighted by molar-refractivity contribution is 0.589. The van der Waals surface area contributed by atoms with Crippen molar-refractivity contribution in [2.24, 2.45) is 0 Å². The quantitative estimate of drug-likeness (QED) is 0.881. The molecule has 0 bridgehead atoms. The molecule has 4 heteroatoms. The maximum Gasteiger partial charge on any atom is 0.0947 e. The Labute approximate surface area is 99.6 Å². The monoisotopic (exact) mass is 233 g/mol. The van der Waals surface area contributed by atoms with Crippen molar-refractivity contribution in [3.63, 3.8) is 0 Å². The molecule has 1 unspecified atom stereocenters. The first-order valence-electron chi connectivity index (χ1n) is 5.28. The number of hydrogen-bond acceptors (Lipinski definition) is 4. The number of hydrogen-bond donors (Lipinski definition) is 1. The van der Waals surface area contributed by atoms with E-state index in [-0.39, 0.29) is 0 Å². The van der Waals surface area contributed by atoms with Crippen LogP contribution in [0.4, 0.5) is 0 Å². The Bertz CT molecular complexity index is 439. The van der Waals surface area contributed by atoms with E-state index >= 15 is 0 Å². The summed E-state index contributed by atoms with van der Waals surface area (Å²) < 4.78 is 0. The molecule has 2 aromatic rings. The highest BCUT2D eigenvalue weighted by molar-refractivity contribution is 7.09. The molecule has 2 aromatic heterocycles. The van der Waals surface area contributed by atoms with E-state index in [9.17, 15) is 0 Å². The van der Waals surface area contributed by atoms with Gasteiger partial charge in [-0.1, -0.05) is 0 Å². The first kappa shape index (κ1) is 11.2. The molecule has 84 valence electrons. The summed E-state index contributed by atoms with van der Waals surface area (Å²) >= 11 is 1.72. The zero-order chi connectivity index (χ0) is 11.4. The molecule has 3 nitrogen and oxygen atoms in total. The molecule has 1 N–H and O–H groups in total. The molecule has 0 aliphatic rings. The fourth-order valence-electron chi connectivity index (χ4n) is 1.65. The minimum absolute atomic E-state index is 0.313. The average Bonchev–Trinajstić information content (AvgIpc) is 2.73. The third kappa shape index (κ3) is 2.65. The predicted molar refractivity (Wildman–Crippen MR) is 66.6 cm³/mol. The highest BCUT2D eigenvalue weighted by Gasteiger charge is 2.11. The van der Waals surface area contributed by atoms with Crippen molar-refractivity contribution in [2.45, 2.75) is 19.4 Å². The van der Waals surface area contributed by atoms with Crippen LogP contribution in [0.1, 0.15) is 22.3 Å². The van der Waals surface area contributed by atoms with Crippen LogP contribution in [-0.4, -0.2) is 17.0 Å². The Kier molecular flexibility index (Phi) is 3.64. The minimum atomic E-state index is 0.313. The fraction of sp³-hybridized carbons (Fsp3) is 0.333. The van der Waals surface area contributed by atoms with Gasteiger partial charge < -0.3 is 5.32 Å². The molecule has 0 saturated carbocycles. The van der Waals surface area contributed by atoms with Gasteiger partial charge in [0.1, 0.15) is 0 Å². The highest BCUT2D eigenvalue weighted by Crippen LogP contribution is 2.19. The van der Waals surface area contributed by atoms with E-state index in [4.69, 9.17) is 0 Å². The van der Waals surface area contributed by atoms with Gasteiger partial charge in [0.2, 0.25) is 0 Å². The zero-order valence-electron chi connectivity index (χ0n) is 9.47. The van der Waals surface area contributed by atoms with Gasteiger partial charge in [-0.2, -0.15) is 0 Å². The van der Waals surface area contributed by atoms with E-state index in [1.54, 1.807) is 11.3 Å². The van der Waals surface area contributed by atoms with E-state index < -0.39 is 0 Å². The number of rotatable bonds is 4. The van der Waals surface area contributed by atoms with Gasteiger partial charge >= 0.3 is 0 Å². The van der Waals surface area contributed by atoms with Gasteiger partial charge in [-0.3, -0.25) is 4.98 Å². The standard InChI is InChI=1S/C12H15N3S/c1-9-8-16-12(15-9)7-11(13-2)10-3-5-14-6-4-10/h3-6,8,11,13H,7H2,1-2H3. The van der Waals surface area contributed by atoms with Crippen LogP contribution in [0.15, 0.2) is 29.9 Å². The Balaban J connectivity index is 2.12. The Hall–Kier alpha value is -1.26. The lowest BCUT2D eigenvalue weighted by atomic mass is 10.1. The van der Waals surface area contributed by atoms with Crippen molar-refractivity contribution < 1.29 is 0 Å². The first-order chi connectivity index (χ1) is 7.79. The van der Waals surface area contributed by atoms with Crippen LogP contribution in [0, 0.1) is 6.92 Å². The number of likely N-dealkylation sites (N-methyl/N-ethyl adjacent to an activating group) is 1. The Morgan fingerprint density at radius 3 is 2.69 bits per heavy atom. The van der Waals surface area contributed by atoms with Gasteiger partial charge in [0.05, 0.1) is 5.01 Å². The number of pyridine rings is 1. The van der Waals surface area contributed by atoms with Crippen LogP contribution in [0.25, 0.3) is 0 Å². The van der Waals surface area contributed by atoms with E-state index in [2.05, 4.69) is 20.7 Å². The second-order valence-corrected chi connectivity index (χ2v) is 4.65. The van der Waals surface area contributed by atoms with Gasteiger partial charge in [0.25, 0.3) is 0 Å². The van der Waals surface area contributed by atoms with Crippen molar-refractivity contribution in [3.05, 3.63) is 46.2 Å². The van der Waals surface area contributed by atoms with Crippen molar-refractivity contribution in [3.8, 4) is 0 Å². The molecule has 0 radical (unpaired) electrons. The van der Waals surface area contributed by atoms with Crippen LogP contribution in [0.5, 0.6) is 0 Å². The minimum Gasteiger partial charge on any atom is -0.313 e. The molecule has 0 aliphatic heterocycles. The predicted octanol–water partition coefficient (Wildman–Crippen LogP) is 2.35. The van der Waals surface area contributed by atoms with Crippen molar-refractivity contribution in [2.75, 3.05) is 7.05 Å². The summed E-state index contributed by atoms with van der Waals surface area (Å²) in [7, 11) is 1.98. The molecule has 1 atom stereocenters. The highest BCUT2D eigenvalue weighted by atomic mass is 32.1. The molecule has 0 aliphatic carbocycles. The lowest BCUT2D eigenvalue weighted by Crippen LogP contribution is -2.18. The smallest absolute Gasteiger partial charge is 0.0947 e. The van der Waals surface area contributed by atoms with Gasteiger partial charge in [0, 0.05) is 35.9 Å². The van der Waals surface area contributed by atoms with Gasteiger partial charge in [-0.05, 0) is 31.7 Å². The second kappa shape index (κ2) is 5.18. The van der Waals surface area contributed by atoms with Crippen molar-refractivity contribution in [1.29, 1.82) is 0 Å². The third-order valence-electron chi connectivity index (χ3n) is 2.50. The van der Waals surface area contributed by atoms with Gasteiger partial charge in [-0.25, -0.2) is 4.98 Å². The van der Waals surface area contributed by atoms with E-state index in [0.717, 1.165) is 12.1 Å². The normalized spacial score (nSPS) is 12.6. The molecule has 0 aromatic carbocycles. The van der Waals surface area contributed by atoms with Crippen molar-refractivity contribution in [1.82, 2.24) is 15.3 Å². The molecular weight excluding hydrogens is 218 g/mol. The maximum absolute atomic E-state index is 4.49. The van der Waals surface area contributed by atoms with E-state index in [1.165, 1.54) is 10.6 Å². The fourth-order valence-corrected chi connectivity index (χ4v) is 2.47. The molecule has 2 heterocycles. The largest absolute Gasteiger partial charge is 0.313 e. The average molecular weight is 233 g/mol. The molecular formula is C12H15N3S. The number of nitrogens with one attached hydrogen (secondary N) is 1. The zero-order valence-corrected chi connectivity index (χ0v) is 10.3. The van der Waals surface area contributed by atoms with Gasteiger partial charge in [0.15, 0.2) is 0 Å². The third-order valence-corrected chi connectivity index (χ3v) is 3.49. The number of aromatic nitrogens is 2. The Morgan fingerprint density at radius 1 is 1.38 bits per heavy atom. The lowest BCUT2D eigenvalue weighted by Gasteiger charge is -2.14. The molecule has 0 amide bonds. The summed E-state index contributed by atoms with van der Waals surface area (Å²) in [6.45, 7) is 2.03. The summed E-state index contributed by atoms with van der Waals surface area (Å²) in [5.74, 6) is 0. The summed E-state index contributed by atoms with van der Waals surface area (Å²) in [5.41, 5.74) is 2.36. The Morgan fingerprint density at radius 2 is 2.12 bits per heavy atom. The van der Waals surface area contributed by atoms with Gasteiger partial charge in [-0.15, -0.1) is 11.3 Å². The van der Waals surface area contributed by atoms with Crippen molar-refractivity contribution >= 4 is 11.3 Å². The van der Waals surface area contributed by atoms with Crippen LogP contribution >= 0.6 is 11.3 Å². The number of nitrogens with zero attached hydrogens (tertiary/aromatic N) is 2. The summed E-state index contributed by atoms with van der Waals surface area (Å²) in [6, 6.07) is 4.40. The molecule has 0 saturated heterocycles. The van der Waals surface area contributed by atoms with Crippen LogP contribution in [0.2, 0.25) is 0 Å². The van der Waals surface area contributed by atoms with E-state index in [0.29, 0.717) is 6.04 Å². The summed E-state index contributed by atoms with van der Waals surface area (Å²) in [4.78, 5) is 8.52. The summed E-state index contributed by atoms with van der Waals surface area (Å²) in [5, 5.41) is 6.58.